The minimum absolute atomic E-state index is 0.0318. The molecule has 1 aromatic carbocycles. The second-order valence-electron chi connectivity index (χ2n) is 6.43. The fourth-order valence-electron chi connectivity index (χ4n) is 2.59. The van der Waals surface area contributed by atoms with Crippen molar-refractivity contribution in [2.24, 2.45) is 0 Å². The van der Waals surface area contributed by atoms with Gasteiger partial charge in [-0.15, -0.1) is 0 Å². The van der Waals surface area contributed by atoms with Crippen molar-refractivity contribution in [1.29, 1.82) is 0 Å². The average Bonchev–Trinajstić information content (AvgIpc) is 3.00. The Morgan fingerprint density at radius 2 is 1.96 bits per heavy atom. The van der Waals surface area contributed by atoms with Crippen LogP contribution in [0.15, 0.2) is 29.1 Å². The predicted octanol–water partition coefficient (Wildman–Crippen LogP) is -1.61. The van der Waals surface area contributed by atoms with Crippen LogP contribution in [-0.2, 0) is 16.1 Å². The summed E-state index contributed by atoms with van der Waals surface area (Å²) in [6.45, 7) is 0.660. The number of aromatic nitrogens is 1. The number of aryl methyl sites for hydroxylation is 1. The van der Waals surface area contributed by atoms with Gasteiger partial charge in [-0.2, -0.15) is 0 Å². The summed E-state index contributed by atoms with van der Waals surface area (Å²) in [5.74, 6) is -0.434. The molecule has 0 aliphatic rings. The van der Waals surface area contributed by atoms with E-state index in [0.717, 1.165) is 4.26 Å². The van der Waals surface area contributed by atoms with Crippen molar-refractivity contribution in [3.8, 4) is 0 Å². The molecular formula is C18H26N2O7Se. The molecule has 0 spiro atoms. The van der Waals surface area contributed by atoms with Crippen LogP contribution < -0.4 is 10.9 Å². The molecule has 2 aromatic rings. The Bertz CT molecular complexity index is 820. The van der Waals surface area contributed by atoms with E-state index in [1.165, 1.54) is 6.92 Å². The van der Waals surface area contributed by atoms with Crippen molar-refractivity contribution < 1.29 is 30.0 Å². The second-order valence-corrected chi connectivity index (χ2v) is 8.66. The number of amides is 1. The average molecular weight is 461 g/mol. The summed E-state index contributed by atoms with van der Waals surface area (Å²) >= 11 is -0.103. The second kappa shape index (κ2) is 10.9. The Hall–Kier alpha value is -1.52. The number of benzene rings is 1. The number of hydrogen-bond donors (Lipinski definition) is 5. The summed E-state index contributed by atoms with van der Waals surface area (Å²) in [6, 6.07) is 7.44. The van der Waals surface area contributed by atoms with Gasteiger partial charge >= 0.3 is 168 Å². The summed E-state index contributed by atoms with van der Waals surface area (Å²) in [5.41, 5.74) is -0.0318. The third-order valence-corrected chi connectivity index (χ3v) is 6.55. The number of carbonyl (C=O) groups excluding carboxylic acids is 1. The summed E-state index contributed by atoms with van der Waals surface area (Å²) in [4.78, 5) is 24.5. The van der Waals surface area contributed by atoms with Crippen LogP contribution in [0, 0.1) is 0 Å². The van der Waals surface area contributed by atoms with Crippen molar-refractivity contribution >= 4 is 30.3 Å². The van der Waals surface area contributed by atoms with Crippen LogP contribution in [0.25, 0.3) is 9.65 Å². The first-order valence-electron chi connectivity index (χ1n) is 8.99. The van der Waals surface area contributed by atoms with Crippen LogP contribution >= 0.6 is 0 Å². The molecular weight excluding hydrogens is 435 g/mol. The van der Waals surface area contributed by atoms with Gasteiger partial charge in [0.2, 0.25) is 0 Å². The molecule has 2 rings (SSSR count). The van der Waals surface area contributed by atoms with E-state index in [1.807, 2.05) is 18.2 Å². The molecule has 5 N–H and O–H groups in total. The van der Waals surface area contributed by atoms with E-state index >= 15 is 0 Å². The predicted molar refractivity (Wildman–Crippen MR) is 103 cm³/mol. The molecule has 0 saturated heterocycles. The maximum atomic E-state index is 12.3. The van der Waals surface area contributed by atoms with Crippen LogP contribution in [0.1, 0.15) is 19.8 Å². The minimum atomic E-state index is -1.41. The Morgan fingerprint density at radius 3 is 2.57 bits per heavy atom. The molecule has 28 heavy (non-hydrogen) atoms. The van der Waals surface area contributed by atoms with Crippen LogP contribution in [0.3, 0.4) is 0 Å². The topological polar surface area (TPSA) is 141 Å². The van der Waals surface area contributed by atoms with E-state index < -0.39 is 43.7 Å². The molecule has 0 saturated carbocycles. The van der Waals surface area contributed by atoms with Crippen molar-refractivity contribution in [2.75, 3.05) is 13.2 Å². The standard InChI is InChI=1S/C18H26N2O7Se/c1-11(23)14(10-22)27-17(13(24)9-21)19-16(25)7-4-8-20-18(26)12-5-2-3-6-15(12)28-20/h2-3,5-6,11,13-14,17,21-24H,4,7-10H2,1H3,(H,19,25)/t11-,13-,14?,17?/m0/s1. The first kappa shape index (κ1) is 22.8. The van der Waals surface area contributed by atoms with E-state index in [-0.39, 0.29) is 26.7 Å². The van der Waals surface area contributed by atoms with Gasteiger partial charge < -0.3 is 0 Å². The number of carbonyl (C=O) groups is 1. The Morgan fingerprint density at radius 1 is 1.25 bits per heavy atom. The van der Waals surface area contributed by atoms with Crippen LogP contribution in [-0.4, -0.2) is 82.4 Å². The van der Waals surface area contributed by atoms with Crippen molar-refractivity contribution in [3.05, 3.63) is 34.6 Å². The van der Waals surface area contributed by atoms with Gasteiger partial charge in [0.05, 0.1) is 0 Å². The molecule has 4 atom stereocenters. The van der Waals surface area contributed by atoms with E-state index in [9.17, 15) is 24.9 Å². The molecule has 2 unspecified atom stereocenters. The zero-order valence-corrected chi connectivity index (χ0v) is 17.2. The van der Waals surface area contributed by atoms with Gasteiger partial charge in [-0.05, 0) is 0 Å². The Kier molecular flexibility index (Phi) is 8.84. The summed E-state index contributed by atoms with van der Waals surface area (Å²) in [7, 11) is 0. The number of hydrogen-bond acceptors (Lipinski definition) is 7. The number of ether oxygens (including phenoxy) is 1. The molecule has 1 heterocycles. The Labute approximate surface area is 168 Å². The third kappa shape index (κ3) is 5.99. The quantitative estimate of drug-likeness (QED) is 0.200. The van der Waals surface area contributed by atoms with Gasteiger partial charge in [-0.1, -0.05) is 0 Å². The van der Waals surface area contributed by atoms with Gasteiger partial charge in [0.15, 0.2) is 0 Å². The Balaban J connectivity index is 1.91. The molecule has 9 nitrogen and oxygen atoms in total. The van der Waals surface area contributed by atoms with Gasteiger partial charge in [0.1, 0.15) is 0 Å². The normalized spacial score (nSPS) is 15.9. The number of rotatable bonds is 11. The first-order chi connectivity index (χ1) is 13.4. The van der Waals surface area contributed by atoms with Crippen molar-refractivity contribution in [3.63, 3.8) is 0 Å². The van der Waals surface area contributed by atoms with Crippen molar-refractivity contribution in [1.82, 2.24) is 8.88 Å². The van der Waals surface area contributed by atoms with Crippen LogP contribution in [0.5, 0.6) is 0 Å². The van der Waals surface area contributed by atoms with Gasteiger partial charge in [-0.3, -0.25) is 0 Å². The molecule has 0 radical (unpaired) electrons. The summed E-state index contributed by atoms with van der Waals surface area (Å²) in [5, 5.41) is 40.9. The third-order valence-electron chi connectivity index (χ3n) is 4.20. The monoisotopic (exact) mass is 462 g/mol. The van der Waals surface area contributed by atoms with Gasteiger partial charge in [0, 0.05) is 0 Å². The van der Waals surface area contributed by atoms with E-state index in [4.69, 9.17) is 9.84 Å². The molecule has 1 aromatic heterocycles. The molecule has 10 heteroatoms. The number of nitrogens with one attached hydrogen (secondary N) is 1. The maximum absolute atomic E-state index is 12.3. The zero-order valence-electron chi connectivity index (χ0n) is 15.5. The summed E-state index contributed by atoms with van der Waals surface area (Å²) < 4.78 is 8.08. The number of nitrogens with zero attached hydrogens (tertiary/aromatic N) is 1. The fourth-order valence-corrected chi connectivity index (χ4v) is 4.76. The molecule has 1 amide bonds. The molecule has 0 aliphatic heterocycles. The molecule has 0 aliphatic carbocycles. The molecule has 156 valence electrons. The van der Waals surface area contributed by atoms with E-state index in [1.54, 1.807) is 9.63 Å². The number of aliphatic hydroxyl groups is 4. The number of fused-ring (bicyclic) bond motifs is 1. The van der Waals surface area contributed by atoms with Crippen molar-refractivity contribution in [2.45, 2.75) is 50.8 Å². The molecule has 0 bridgehead atoms. The SMILES string of the molecule is C[C@H](O)C(CO)OC(NC(=O)CCCn1[se]c2ccccc2c1=O)[C@@H](O)CO. The summed E-state index contributed by atoms with van der Waals surface area (Å²) in [6.07, 6.45) is -4.21. The van der Waals surface area contributed by atoms with E-state index in [0.29, 0.717) is 18.4 Å². The molecule has 0 fully saturated rings. The van der Waals surface area contributed by atoms with Crippen LogP contribution in [0.4, 0.5) is 0 Å². The van der Waals surface area contributed by atoms with Gasteiger partial charge in [-0.25, -0.2) is 0 Å². The zero-order chi connectivity index (χ0) is 20.7. The van der Waals surface area contributed by atoms with Crippen LogP contribution in [0.2, 0.25) is 0 Å². The first-order valence-corrected chi connectivity index (χ1v) is 10.6. The number of aliphatic hydroxyl groups excluding tert-OH is 4. The fraction of sp³-hybridized carbons (Fsp3) is 0.556. The van der Waals surface area contributed by atoms with Gasteiger partial charge in [0.25, 0.3) is 0 Å². The van der Waals surface area contributed by atoms with E-state index in [2.05, 4.69) is 5.32 Å².